The minimum atomic E-state index is -0.418. The Hall–Kier alpha value is -4.13. The van der Waals surface area contributed by atoms with Crippen molar-refractivity contribution in [1.82, 2.24) is 4.98 Å². The van der Waals surface area contributed by atoms with E-state index < -0.39 is 5.97 Å². The van der Waals surface area contributed by atoms with Gasteiger partial charge in [-0.15, -0.1) is 23.1 Å². The molecule has 0 bridgehead atoms. The number of pyridine rings is 1. The SMILES string of the molecule is COC(=O)c1c(NC(=O)CCSc2nc(-c3ccccc3)cc(-c3ccc(OC)cc3)c2C#N)sc2c1CCC(C)C2. The lowest BCUT2D eigenvalue weighted by molar-refractivity contribution is -0.115. The van der Waals surface area contributed by atoms with Crippen molar-refractivity contribution in [2.24, 2.45) is 5.92 Å². The number of hydrogen-bond donors (Lipinski definition) is 1. The van der Waals surface area contributed by atoms with Crippen LogP contribution in [0.25, 0.3) is 22.4 Å². The van der Waals surface area contributed by atoms with E-state index in [1.807, 2.05) is 60.7 Å². The number of thioether (sulfide) groups is 1. The summed E-state index contributed by atoms with van der Waals surface area (Å²) in [4.78, 5) is 31.7. The number of benzene rings is 2. The van der Waals surface area contributed by atoms with E-state index in [-0.39, 0.29) is 12.3 Å². The van der Waals surface area contributed by atoms with Gasteiger partial charge < -0.3 is 14.8 Å². The van der Waals surface area contributed by atoms with E-state index in [1.54, 1.807) is 7.11 Å². The standard InChI is InChI=1S/C33H31N3O4S2/c1-20-9-14-24-28(17-20)42-32(30(24)33(38)40-3)36-29(37)15-16-41-31-26(19-34)25(21-10-12-23(39-2)13-11-21)18-27(35-31)22-7-5-4-6-8-22/h4-8,10-13,18,20H,9,14-17H2,1-3H3,(H,36,37). The number of carbonyl (C=O) groups is 2. The topological polar surface area (TPSA) is 101 Å². The highest BCUT2D eigenvalue weighted by Crippen LogP contribution is 2.40. The molecular weight excluding hydrogens is 567 g/mol. The van der Waals surface area contributed by atoms with E-state index in [0.29, 0.717) is 32.8 Å². The molecule has 214 valence electrons. The third-order valence-electron chi connectivity index (χ3n) is 7.29. The Bertz CT molecular complexity index is 1640. The van der Waals surface area contributed by atoms with Crippen LogP contribution in [0.2, 0.25) is 0 Å². The highest BCUT2D eigenvalue weighted by molar-refractivity contribution is 7.99. The Balaban J connectivity index is 1.38. The molecule has 1 N–H and O–H groups in total. The van der Waals surface area contributed by atoms with Crippen LogP contribution in [0.3, 0.4) is 0 Å². The van der Waals surface area contributed by atoms with Gasteiger partial charge in [0.15, 0.2) is 0 Å². The van der Waals surface area contributed by atoms with Gasteiger partial charge in [0.1, 0.15) is 21.8 Å². The molecule has 0 radical (unpaired) electrons. The van der Waals surface area contributed by atoms with Gasteiger partial charge in [-0.25, -0.2) is 9.78 Å². The van der Waals surface area contributed by atoms with E-state index in [2.05, 4.69) is 18.3 Å². The number of nitriles is 1. The first-order valence-electron chi connectivity index (χ1n) is 13.7. The first-order valence-corrected chi connectivity index (χ1v) is 15.5. The highest BCUT2D eigenvalue weighted by Gasteiger charge is 2.29. The third-order valence-corrected chi connectivity index (χ3v) is 9.44. The molecule has 2 heterocycles. The molecule has 1 unspecified atom stereocenters. The third kappa shape index (κ3) is 6.35. The van der Waals surface area contributed by atoms with Crippen molar-refractivity contribution < 1.29 is 19.1 Å². The van der Waals surface area contributed by atoms with Crippen molar-refractivity contribution in [3.63, 3.8) is 0 Å². The average molecular weight is 598 g/mol. The van der Waals surface area contributed by atoms with E-state index in [4.69, 9.17) is 14.5 Å². The van der Waals surface area contributed by atoms with Gasteiger partial charge in [0.2, 0.25) is 5.91 Å². The second-order valence-electron chi connectivity index (χ2n) is 10.1. The summed E-state index contributed by atoms with van der Waals surface area (Å²) in [6, 6.07) is 21.6. The van der Waals surface area contributed by atoms with E-state index in [9.17, 15) is 14.9 Å². The number of aromatic nitrogens is 1. The molecule has 1 atom stereocenters. The largest absolute Gasteiger partial charge is 0.497 e. The van der Waals surface area contributed by atoms with Gasteiger partial charge in [-0.05, 0) is 54.5 Å². The summed E-state index contributed by atoms with van der Waals surface area (Å²) in [5.74, 6) is 1.05. The van der Waals surface area contributed by atoms with Crippen LogP contribution in [-0.4, -0.2) is 36.8 Å². The molecule has 0 fully saturated rings. The van der Waals surface area contributed by atoms with Gasteiger partial charge in [0, 0.05) is 28.2 Å². The number of esters is 1. The van der Waals surface area contributed by atoms with Gasteiger partial charge in [0.25, 0.3) is 0 Å². The number of nitrogens with zero attached hydrogens (tertiary/aromatic N) is 2. The van der Waals surface area contributed by atoms with Crippen LogP contribution in [0, 0.1) is 17.2 Å². The fourth-order valence-electron chi connectivity index (χ4n) is 5.08. The second-order valence-corrected chi connectivity index (χ2v) is 12.3. The summed E-state index contributed by atoms with van der Waals surface area (Å²) < 4.78 is 10.4. The summed E-state index contributed by atoms with van der Waals surface area (Å²) in [7, 11) is 2.98. The molecule has 0 saturated carbocycles. The normalized spacial score (nSPS) is 14.0. The monoisotopic (exact) mass is 597 g/mol. The zero-order chi connectivity index (χ0) is 29.6. The quantitative estimate of drug-likeness (QED) is 0.159. The van der Waals surface area contributed by atoms with Crippen LogP contribution in [0.5, 0.6) is 5.75 Å². The number of anilines is 1. The highest BCUT2D eigenvalue weighted by atomic mass is 32.2. The van der Waals surface area contributed by atoms with Crippen LogP contribution >= 0.6 is 23.1 Å². The molecule has 0 spiro atoms. The molecule has 4 aromatic rings. The molecule has 1 aliphatic rings. The number of nitrogens with one attached hydrogen (secondary N) is 1. The van der Waals surface area contributed by atoms with E-state index >= 15 is 0 Å². The first-order chi connectivity index (χ1) is 20.4. The maximum Gasteiger partial charge on any atom is 0.341 e. The first kappa shape index (κ1) is 29.4. The molecule has 5 rings (SSSR count). The number of thiophene rings is 1. The molecule has 0 saturated heterocycles. The maximum atomic E-state index is 13.1. The molecule has 7 nitrogen and oxygen atoms in total. The summed E-state index contributed by atoms with van der Waals surface area (Å²) in [5.41, 5.74) is 5.26. The minimum absolute atomic E-state index is 0.185. The van der Waals surface area contributed by atoms with Crippen molar-refractivity contribution in [2.75, 3.05) is 25.3 Å². The fraction of sp³-hybridized carbons (Fsp3) is 0.273. The predicted molar refractivity (Wildman–Crippen MR) is 167 cm³/mol. The van der Waals surface area contributed by atoms with Gasteiger partial charge in [-0.2, -0.15) is 5.26 Å². The lowest BCUT2D eigenvalue weighted by atomic mass is 9.88. The summed E-state index contributed by atoms with van der Waals surface area (Å²) >= 11 is 2.84. The number of hydrogen-bond acceptors (Lipinski definition) is 8. The molecule has 9 heteroatoms. The smallest absolute Gasteiger partial charge is 0.341 e. The van der Waals surface area contributed by atoms with Gasteiger partial charge in [-0.3, -0.25) is 4.79 Å². The number of carbonyl (C=O) groups excluding carboxylic acids is 2. The van der Waals surface area contributed by atoms with Crippen LogP contribution in [0.1, 0.15) is 46.1 Å². The zero-order valence-corrected chi connectivity index (χ0v) is 25.4. The van der Waals surface area contributed by atoms with Crippen molar-refractivity contribution in [2.45, 2.75) is 37.6 Å². The number of rotatable bonds is 9. The summed E-state index contributed by atoms with van der Waals surface area (Å²) in [6.45, 7) is 2.20. The zero-order valence-electron chi connectivity index (χ0n) is 23.7. The van der Waals surface area contributed by atoms with Gasteiger partial charge in [-0.1, -0.05) is 49.4 Å². The molecular formula is C33H31N3O4S2. The Labute approximate surface area is 253 Å². The van der Waals surface area contributed by atoms with Crippen LogP contribution in [0.4, 0.5) is 5.00 Å². The van der Waals surface area contributed by atoms with Crippen molar-refractivity contribution >= 4 is 40.0 Å². The lowest BCUT2D eigenvalue weighted by Crippen LogP contribution is -2.16. The number of ether oxygens (including phenoxy) is 2. The van der Waals surface area contributed by atoms with E-state index in [0.717, 1.165) is 57.8 Å². The Kier molecular flexibility index (Phi) is 9.25. The van der Waals surface area contributed by atoms with Crippen molar-refractivity contribution in [3.05, 3.63) is 82.2 Å². The van der Waals surface area contributed by atoms with Crippen LogP contribution in [0.15, 0.2) is 65.7 Å². The Morgan fingerprint density at radius 3 is 2.57 bits per heavy atom. The molecule has 2 aromatic heterocycles. The molecule has 0 aliphatic heterocycles. The number of amides is 1. The maximum absolute atomic E-state index is 13.1. The molecule has 2 aromatic carbocycles. The van der Waals surface area contributed by atoms with Crippen LogP contribution in [-0.2, 0) is 22.4 Å². The van der Waals surface area contributed by atoms with Crippen molar-refractivity contribution in [3.8, 4) is 34.2 Å². The lowest BCUT2D eigenvalue weighted by Gasteiger charge is -2.18. The number of fused-ring (bicyclic) bond motifs is 1. The molecule has 1 aliphatic carbocycles. The summed E-state index contributed by atoms with van der Waals surface area (Å²) in [6.07, 6.45) is 2.89. The van der Waals surface area contributed by atoms with E-state index in [1.165, 1.54) is 30.2 Å². The van der Waals surface area contributed by atoms with Gasteiger partial charge >= 0.3 is 5.97 Å². The Morgan fingerprint density at radius 2 is 1.88 bits per heavy atom. The Morgan fingerprint density at radius 1 is 1.12 bits per heavy atom. The average Bonchev–Trinajstić information content (AvgIpc) is 3.37. The second kappa shape index (κ2) is 13.2. The minimum Gasteiger partial charge on any atom is -0.497 e. The van der Waals surface area contributed by atoms with Gasteiger partial charge in [0.05, 0.1) is 31.0 Å². The number of methoxy groups -OCH3 is 2. The molecule has 42 heavy (non-hydrogen) atoms. The van der Waals surface area contributed by atoms with Crippen molar-refractivity contribution in [1.29, 1.82) is 5.26 Å². The summed E-state index contributed by atoms with van der Waals surface area (Å²) in [5, 5.41) is 14.3. The molecule has 1 amide bonds. The van der Waals surface area contributed by atoms with Crippen LogP contribution < -0.4 is 10.1 Å². The predicted octanol–water partition coefficient (Wildman–Crippen LogP) is 7.39. The fourth-order valence-corrected chi connectivity index (χ4v) is 7.43.